The van der Waals surface area contributed by atoms with Gasteiger partial charge in [0, 0.05) is 39.1 Å². The first-order valence-corrected chi connectivity index (χ1v) is 11.5. The fourth-order valence-electron chi connectivity index (χ4n) is 4.43. The van der Waals surface area contributed by atoms with Gasteiger partial charge in [0.2, 0.25) is 0 Å². The SMILES string of the molecule is CNc1cc(Nc2cccn(C3CCOCC3OC)c2=O)nc2c(C(=O)NC3CCC3)cnn12. The van der Waals surface area contributed by atoms with E-state index >= 15 is 0 Å². The van der Waals surface area contributed by atoms with Crippen LogP contribution >= 0.6 is 0 Å². The first-order chi connectivity index (χ1) is 16.6. The Kier molecular flexibility index (Phi) is 6.20. The van der Waals surface area contributed by atoms with Crippen molar-refractivity contribution in [2.75, 3.05) is 38.0 Å². The number of nitrogens with zero attached hydrogens (tertiary/aromatic N) is 4. The molecule has 180 valence electrons. The molecule has 1 amide bonds. The number of anilines is 3. The molecule has 3 aromatic heterocycles. The molecule has 11 nitrogen and oxygen atoms in total. The van der Waals surface area contributed by atoms with E-state index in [0.29, 0.717) is 48.2 Å². The van der Waals surface area contributed by atoms with E-state index in [0.717, 1.165) is 19.3 Å². The molecule has 2 aliphatic rings. The Hall–Kier alpha value is -3.44. The third kappa shape index (κ3) is 4.12. The van der Waals surface area contributed by atoms with Crippen LogP contribution < -0.4 is 21.5 Å². The summed E-state index contributed by atoms with van der Waals surface area (Å²) in [6.45, 7) is 1.02. The van der Waals surface area contributed by atoms with Crippen molar-refractivity contribution in [3.05, 3.63) is 46.5 Å². The number of fused-ring (bicyclic) bond motifs is 1. The number of hydrogen-bond acceptors (Lipinski definition) is 8. The van der Waals surface area contributed by atoms with Crippen LogP contribution in [-0.2, 0) is 9.47 Å². The largest absolute Gasteiger partial charge is 0.379 e. The van der Waals surface area contributed by atoms with Crippen LogP contribution in [0.3, 0.4) is 0 Å². The summed E-state index contributed by atoms with van der Waals surface area (Å²) in [5, 5.41) is 13.6. The van der Waals surface area contributed by atoms with Crippen LogP contribution in [0.2, 0.25) is 0 Å². The smallest absolute Gasteiger partial charge is 0.274 e. The number of carbonyl (C=O) groups excluding carboxylic acids is 1. The van der Waals surface area contributed by atoms with E-state index < -0.39 is 0 Å². The molecular weight excluding hydrogens is 438 g/mol. The molecule has 3 N–H and O–H groups in total. The minimum Gasteiger partial charge on any atom is -0.379 e. The van der Waals surface area contributed by atoms with Gasteiger partial charge in [-0.1, -0.05) is 0 Å². The number of methoxy groups -OCH3 is 1. The lowest BCUT2D eigenvalue weighted by molar-refractivity contribution is -0.0609. The second kappa shape index (κ2) is 9.43. The Morgan fingerprint density at radius 1 is 1.29 bits per heavy atom. The minimum absolute atomic E-state index is 0.118. The van der Waals surface area contributed by atoms with Crippen LogP contribution in [0.15, 0.2) is 35.4 Å². The van der Waals surface area contributed by atoms with E-state index in [1.54, 1.807) is 41.6 Å². The standard InChI is InChI=1S/C23H29N7O4/c1-24-20-11-19(28-21-15(12-25-30(20)21)22(31)26-14-5-3-6-14)27-16-7-4-9-29(23(16)32)17-8-10-34-13-18(17)33-2/h4,7,9,11-12,14,17-18,24H,3,5-6,8,10,13H2,1-2H3,(H,26,31)(H,27,28). The molecule has 0 spiro atoms. The van der Waals surface area contributed by atoms with Crippen molar-refractivity contribution in [1.82, 2.24) is 24.5 Å². The minimum atomic E-state index is -0.199. The van der Waals surface area contributed by atoms with Crippen LogP contribution in [0.1, 0.15) is 42.1 Å². The molecule has 1 aliphatic carbocycles. The summed E-state index contributed by atoms with van der Waals surface area (Å²) in [6.07, 6.45) is 6.89. The van der Waals surface area contributed by atoms with Gasteiger partial charge in [0.1, 0.15) is 29.0 Å². The Bertz CT molecular complexity index is 1250. The number of amides is 1. The highest BCUT2D eigenvalue weighted by atomic mass is 16.5. The van der Waals surface area contributed by atoms with Crippen LogP contribution in [0.25, 0.3) is 5.65 Å². The van der Waals surface area contributed by atoms with E-state index in [-0.39, 0.29) is 29.7 Å². The molecule has 4 heterocycles. The van der Waals surface area contributed by atoms with E-state index in [9.17, 15) is 9.59 Å². The Balaban J connectivity index is 1.47. The molecule has 0 radical (unpaired) electrons. The quantitative estimate of drug-likeness (QED) is 0.482. The van der Waals surface area contributed by atoms with Crippen molar-refractivity contribution in [3.8, 4) is 0 Å². The maximum Gasteiger partial charge on any atom is 0.274 e. The molecule has 11 heteroatoms. The van der Waals surface area contributed by atoms with Gasteiger partial charge in [-0.3, -0.25) is 9.59 Å². The molecule has 2 atom stereocenters. The average Bonchev–Trinajstić information content (AvgIpc) is 3.26. The molecule has 5 rings (SSSR count). The zero-order valence-electron chi connectivity index (χ0n) is 19.3. The van der Waals surface area contributed by atoms with Crippen molar-refractivity contribution in [2.24, 2.45) is 0 Å². The van der Waals surface area contributed by atoms with Gasteiger partial charge in [0.05, 0.1) is 18.8 Å². The monoisotopic (exact) mass is 467 g/mol. The van der Waals surface area contributed by atoms with Crippen LogP contribution in [0.4, 0.5) is 17.3 Å². The van der Waals surface area contributed by atoms with Gasteiger partial charge in [0.25, 0.3) is 11.5 Å². The summed E-state index contributed by atoms with van der Waals surface area (Å²) < 4.78 is 14.3. The van der Waals surface area contributed by atoms with Gasteiger partial charge >= 0.3 is 0 Å². The molecule has 1 saturated carbocycles. The normalized spacial score (nSPS) is 20.6. The maximum atomic E-state index is 13.3. The third-order valence-electron chi connectivity index (χ3n) is 6.58. The molecule has 34 heavy (non-hydrogen) atoms. The lowest BCUT2D eigenvalue weighted by Crippen LogP contribution is -2.40. The predicted molar refractivity (Wildman–Crippen MR) is 127 cm³/mol. The van der Waals surface area contributed by atoms with Crippen LogP contribution in [-0.4, -0.2) is 64.6 Å². The molecular formula is C23H29N7O4. The number of rotatable bonds is 7. The predicted octanol–water partition coefficient (Wildman–Crippen LogP) is 1.93. The molecule has 2 fully saturated rings. The van der Waals surface area contributed by atoms with E-state index in [2.05, 4.69) is 26.0 Å². The highest BCUT2D eigenvalue weighted by Gasteiger charge is 2.28. The molecule has 3 aromatic rings. The number of aromatic nitrogens is 4. The van der Waals surface area contributed by atoms with Crippen molar-refractivity contribution in [2.45, 2.75) is 43.9 Å². The van der Waals surface area contributed by atoms with Gasteiger partial charge in [-0.25, -0.2) is 4.98 Å². The zero-order chi connectivity index (χ0) is 23.7. The van der Waals surface area contributed by atoms with Crippen LogP contribution in [0.5, 0.6) is 0 Å². The molecule has 1 saturated heterocycles. The Labute approximate surface area is 196 Å². The summed E-state index contributed by atoms with van der Waals surface area (Å²) in [7, 11) is 3.39. The lowest BCUT2D eigenvalue weighted by Gasteiger charge is -2.32. The first kappa shape index (κ1) is 22.4. The summed E-state index contributed by atoms with van der Waals surface area (Å²) >= 11 is 0. The number of ether oxygens (including phenoxy) is 2. The first-order valence-electron chi connectivity index (χ1n) is 11.5. The molecule has 1 aliphatic heterocycles. The lowest BCUT2D eigenvalue weighted by atomic mass is 9.93. The Morgan fingerprint density at radius 3 is 2.88 bits per heavy atom. The van der Waals surface area contributed by atoms with Crippen molar-refractivity contribution in [3.63, 3.8) is 0 Å². The fraction of sp³-hybridized carbons (Fsp3) is 0.478. The second-order valence-electron chi connectivity index (χ2n) is 8.64. The number of pyridine rings is 1. The van der Waals surface area contributed by atoms with Gasteiger partial charge in [-0.2, -0.15) is 9.61 Å². The van der Waals surface area contributed by atoms with Gasteiger partial charge in [-0.15, -0.1) is 0 Å². The van der Waals surface area contributed by atoms with Crippen molar-refractivity contribution >= 4 is 28.9 Å². The number of hydrogen-bond donors (Lipinski definition) is 3. The van der Waals surface area contributed by atoms with Crippen molar-refractivity contribution in [1.29, 1.82) is 0 Å². The molecule has 0 bridgehead atoms. The second-order valence-corrected chi connectivity index (χ2v) is 8.64. The summed E-state index contributed by atoms with van der Waals surface area (Å²) in [4.78, 5) is 30.7. The van der Waals surface area contributed by atoms with Gasteiger partial charge in [0.15, 0.2) is 5.65 Å². The van der Waals surface area contributed by atoms with E-state index in [1.165, 1.54) is 6.20 Å². The van der Waals surface area contributed by atoms with Gasteiger partial charge in [-0.05, 0) is 37.8 Å². The highest BCUT2D eigenvalue weighted by Crippen LogP contribution is 2.25. The average molecular weight is 468 g/mol. The maximum absolute atomic E-state index is 13.3. The number of nitrogens with one attached hydrogen (secondary N) is 3. The van der Waals surface area contributed by atoms with E-state index in [1.807, 2.05) is 6.07 Å². The third-order valence-corrected chi connectivity index (χ3v) is 6.58. The zero-order valence-corrected chi connectivity index (χ0v) is 19.3. The summed E-state index contributed by atoms with van der Waals surface area (Å²) in [6, 6.07) is 5.37. The highest BCUT2D eigenvalue weighted by molar-refractivity contribution is 6.00. The fourth-order valence-corrected chi connectivity index (χ4v) is 4.43. The number of carbonyl (C=O) groups is 1. The summed E-state index contributed by atoms with van der Waals surface area (Å²) in [5.74, 6) is 0.870. The Morgan fingerprint density at radius 2 is 2.15 bits per heavy atom. The molecule has 2 unspecified atom stereocenters. The topological polar surface area (TPSA) is 124 Å². The molecule has 0 aromatic carbocycles. The summed E-state index contributed by atoms with van der Waals surface area (Å²) in [5.41, 5.74) is 0.997. The van der Waals surface area contributed by atoms with Crippen molar-refractivity contribution < 1.29 is 14.3 Å². The van der Waals surface area contributed by atoms with Gasteiger partial charge < -0.3 is 30.0 Å². The van der Waals surface area contributed by atoms with Crippen LogP contribution in [0, 0.1) is 0 Å². The van der Waals surface area contributed by atoms with E-state index in [4.69, 9.17) is 9.47 Å².